The summed E-state index contributed by atoms with van der Waals surface area (Å²) in [6.07, 6.45) is -0.620. The fraction of sp³-hybridized carbons (Fsp3) is 0.250. The van der Waals surface area contributed by atoms with Crippen LogP contribution in [0.4, 0.5) is 0 Å². The van der Waals surface area contributed by atoms with E-state index in [1.54, 1.807) is 31.4 Å². The summed E-state index contributed by atoms with van der Waals surface area (Å²) in [5, 5.41) is 11.5. The number of hydrazone groups is 1. The number of amidine groups is 1. The normalized spacial score (nSPS) is 17.6. The Morgan fingerprint density at radius 2 is 1.93 bits per heavy atom. The molecular formula is C20H19ClN4O3S. The molecular weight excluding hydrogens is 412 g/mol. The molecule has 1 atom stereocenters. The maximum Gasteiger partial charge on any atom is 0.276 e. The number of methoxy groups -OCH3 is 2. The minimum absolute atomic E-state index is 0.222. The highest BCUT2D eigenvalue weighted by Crippen LogP contribution is 2.40. The van der Waals surface area contributed by atoms with Gasteiger partial charge < -0.3 is 9.47 Å². The van der Waals surface area contributed by atoms with Gasteiger partial charge in [-0.05, 0) is 17.9 Å². The summed E-state index contributed by atoms with van der Waals surface area (Å²) in [5.74, 6) is 1.59. The van der Waals surface area contributed by atoms with Gasteiger partial charge in [-0.25, -0.2) is 5.01 Å². The molecule has 0 unspecified atom stereocenters. The summed E-state index contributed by atoms with van der Waals surface area (Å²) < 4.78 is 10.8. The zero-order valence-electron chi connectivity index (χ0n) is 16.1. The van der Waals surface area contributed by atoms with Crippen molar-refractivity contribution in [3.63, 3.8) is 0 Å². The van der Waals surface area contributed by atoms with Gasteiger partial charge in [-0.2, -0.15) is 0 Å². The average Bonchev–Trinajstić information content (AvgIpc) is 2.73. The molecule has 1 amide bonds. The highest BCUT2D eigenvalue weighted by atomic mass is 35.5. The van der Waals surface area contributed by atoms with E-state index >= 15 is 0 Å². The number of carbonyl (C=O) groups excluding carboxylic acids is 1. The molecule has 150 valence electrons. The van der Waals surface area contributed by atoms with Crippen molar-refractivity contribution in [1.82, 2.24) is 10.3 Å². The molecule has 29 heavy (non-hydrogen) atoms. The first-order chi connectivity index (χ1) is 14.1. The largest absolute Gasteiger partial charge is 0.493 e. The third kappa shape index (κ3) is 3.42. The molecule has 1 N–H and O–H groups in total. The second-order valence-electron chi connectivity index (χ2n) is 6.23. The molecule has 2 aliphatic heterocycles. The molecule has 0 saturated heterocycles. The number of para-hydroxylation sites is 1. The molecule has 9 heteroatoms. The molecule has 7 nitrogen and oxygen atoms in total. The fourth-order valence-electron chi connectivity index (χ4n) is 3.30. The summed E-state index contributed by atoms with van der Waals surface area (Å²) >= 11 is 8.03. The molecule has 2 aromatic rings. The van der Waals surface area contributed by atoms with Crippen molar-refractivity contribution in [1.29, 1.82) is 0 Å². The molecule has 2 aromatic carbocycles. The van der Waals surface area contributed by atoms with Crippen LogP contribution in [0.25, 0.3) is 5.70 Å². The fourth-order valence-corrected chi connectivity index (χ4v) is 4.13. The second-order valence-corrected chi connectivity index (χ2v) is 7.89. The standard InChI is InChI=1S/C20H19ClN4O3S/c1-4-29-20-23-19(26)17-11-7-5-6-8-14(11)22-18(25(17)24-20)12-9-15(27-2)16(28-3)10-13(12)21/h5-10,18H,4H2,1-3H3,(H,23,24,26)/t18-/m0/s1. The molecule has 2 aliphatic rings. The van der Waals surface area contributed by atoms with Crippen LogP contribution in [0, 0.1) is 0 Å². The number of nitrogens with zero attached hydrogens (tertiary/aromatic N) is 3. The van der Waals surface area contributed by atoms with Gasteiger partial charge in [-0.1, -0.05) is 48.5 Å². The highest BCUT2D eigenvalue weighted by molar-refractivity contribution is 8.13. The number of benzene rings is 2. The molecule has 0 spiro atoms. The van der Waals surface area contributed by atoms with Crippen molar-refractivity contribution >= 4 is 40.1 Å². The number of nitrogens with one attached hydrogen (secondary N) is 1. The van der Waals surface area contributed by atoms with E-state index in [-0.39, 0.29) is 5.91 Å². The van der Waals surface area contributed by atoms with E-state index in [0.717, 1.165) is 11.0 Å². The van der Waals surface area contributed by atoms with Gasteiger partial charge in [0, 0.05) is 16.8 Å². The zero-order chi connectivity index (χ0) is 20.5. The lowest BCUT2D eigenvalue weighted by molar-refractivity contribution is -0.116. The van der Waals surface area contributed by atoms with Crippen LogP contribution in [0.5, 0.6) is 11.5 Å². The highest BCUT2D eigenvalue weighted by Gasteiger charge is 2.35. The van der Waals surface area contributed by atoms with E-state index in [1.165, 1.54) is 11.8 Å². The summed E-state index contributed by atoms with van der Waals surface area (Å²) in [6, 6.07) is 10.9. The number of amides is 1. The van der Waals surface area contributed by atoms with E-state index in [4.69, 9.17) is 26.1 Å². The van der Waals surface area contributed by atoms with Crippen LogP contribution in [-0.2, 0) is 4.79 Å². The Labute approximate surface area is 177 Å². The number of fused-ring (bicyclic) bond motifs is 2. The van der Waals surface area contributed by atoms with E-state index in [1.807, 2.05) is 31.2 Å². The van der Waals surface area contributed by atoms with E-state index in [2.05, 4.69) is 10.4 Å². The van der Waals surface area contributed by atoms with Crippen LogP contribution in [0.1, 0.15) is 18.7 Å². The molecule has 0 radical (unpaired) electrons. The van der Waals surface area contributed by atoms with Gasteiger partial charge in [0.05, 0.1) is 24.6 Å². The first-order valence-electron chi connectivity index (χ1n) is 8.98. The zero-order valence-corrected chi connectivity index (χ0v) is 17.7. The lowest BCUT2D eigenvalue weighted by Gasteiger charge is -2.34. The minimum Gasteiger partial charge on any atom is -0.493 e. The van der Waals surface area contributed by atoms with Gasteiger partial charge in [-0.15, -0.1) is 5.10 Å². The Kier molecular flexibility index (Phi) is 5.38. The van der Waals surface area contributed by atoms with E-state index in [9.17, 15) is 4.79 Å². The van der Waals surface area contributed by atoms with Crippen LogP contribution in [0.3, 0.4) is 0 Å². The van der Waals surface area contributed by atoms with Crippen LogP contribution in [0.2, 0.25) is 5.02 Å². The summed E-state index contributed by atoms with van der Waals surface area (Å²) in [6.45, 7) is 2.00. The van der Waals surface area contributed by atoms with Crippen LogP contribution < -0.4 is 25.4 Å². The van der Waals surface area contributed by atoms with Crippen LogP contribution >= 0.6 is 23.4 Å². The number of thioether (sulfide) groups is 1. The molecule has 0 aliphatic carbocycles. The molecule has 4 rings (SSSR count). The quantitative estimate of drug-likeness (QED) is 0.805. The monoisotopic (exact) mass is 430 g/mol. The predicted octanol–water partition coefficient (Wildman–Crippen LogP) is 2.25. The van der Waals surface area contributed by atoms with E-state index < -0.39 is 6.17 Å². The topological polar surface area (TPSA) is 75.5 Å². The molecule has 0 bridgehead atoms. The Hall–Kier alpha value is -2.71. The number of hydrogen-bond acceptors (Lipinski definition) is 7. The van der Waals surface area contributed by atoms with Crippen molar-refractivity contribution in [2.75, 3.05) is 20.0 Å². The summed E-state index contributed by atoms with van der Waals surface area (Å²) in [4.78, 5) is 17.8. The van der Waals surface area contributed by atoms with Gasteiger partial charge >= 0.3 is 0 Å². The maximum atomic E-state index is 13.0. The Morgan fingerprint density at radius 3 is 2.66 bits per heavy atom. The first-order valence-corrected chi connectivity index (χ1v) is 10.3. The minimum atomic E-state index is -0.620. The maximum absolute atomic E-state index is 13.0. The number of carbonyl (C=O) groups is 1. The van der Waals surface area contributed by atoms with Gasteiger partial charge in [0.15, 0.2) is 22.8 Å². The molecule has 0 saturated carbocycles. The number of ether oxygens (including phenoxy) is 2. The summed E-state index contributed by atoms with van der Waals surface area (Å²) in [5.41, 5.74) is 1.10. The van der Waals surface area contributed by atoms with Crippen LogP contribution in [0.15, 0.2) is 46.5 Å². The van der Waals surface area contributed by atoms with Gasteiger partial charge in [0.25, 0.3) is 5.91 Å². The Balaban J connectivity index is 1.96. The van der Waals surface area contributed by atoms with Gasteiger partial charge in [-0.3, -0.25) is 15.1 Å². The lowest BCUT2D eigenvalue weighted by Crippen LogP contribution is -2.50. The van der Waals surface area contributed by atoms with Crippen LogP contribution in [-0.4, -0.2) is 36.1 Å². The Morgan fingerprint density at radius 1 is 1.21 bits per heavy atom. The number of rotatable bonds is 4. The third-order valence-corrected chi connectivity index (χ3v) is 5.65. The number of hydrogen-bond donors (Lipinski definition) is 1. The number of halogens is 1. The predicted molar refractivity (Wildman–Crippen MR) is 113 cm³/mol. The van der Waals surface area contributed by atoms with Crippen molar-refractivity contribution in [2.24, 2.45) is 10.1 Å². The van der Waals surface area contributed by atoms with Gasteiger partial charge in [0.2, 0.25) is 0 Å². The Bertz CT molecular complexity index is 1140. The lowest BCUT2D eigenvalue weighted by atomic mass is 10.1. The third-order valence-electron chi connectivity index (χ3n) is 4.58. The molecule has 0 aromatic heterocycles. The first kappa shape index (κ1) is 19.6. The smallest absolute Gasteiger partial charge is 0.276 e. The molecule has 2 heterocycles. The van der Waals surface area contributed by atoms with Crippen molar-refractivity contribution in [3.05, 3.63) is 57.6 Å². The molecule has 0 fully saturated rings. The van der Waals surface area contributed by atoms with Crippen molar-refractivity contribution in [2.45, 2.75) is 13.1 Å². The van der Waals surface area contributed by atoms with E-state index in [0.29, 0.717) is 38.3 Å². The summed E-state index contributed by atoms with van der Waals surface area (Å²) in [7, 11) is 3.11. The van der Waals surface area contributed by atoms with Gasteiger partial charge in [0.1, 0.15) is 5.70 Å². The average molecular weight is 431 g/mol. The van der Waals surface area contributed by atoms with Crippen molar-refractivity contribution < 1.29 is 14.3 Å². The SMILES string of the molecule is CCSC1=NN2C(=c3ccccc3=N[C@@H]2c2cc(OC)c(OC)cc2Cl)C(=O)N1. The van der Waals surface area contributed by atoms with Crippen molar-refractivity contribution in [3.8, 4) is 11.5 Å². The second kappa shape index (κ2) is 7.96.